The van der Waals surface area contributed by atoms with Gasteiger partial charge in [0.1, 0.15) is 0 Å². The lowest BCUT2D eigenvalue weighted by Crippen LogP contribution is -2.05. The second kappa shape index (κ2) is 4.41. The van der Waals surface area contributed by atoms with E-state index in [0.29, 0.717) is 7.41 Å². The minimum Gasteiger partial charge on any atom is -0.369 e. The summed E-state index contributed by atoms with van der Waals surface area (Å²) in [6.45, 7) is 7.07. The maximum atomic E-state index is 5.28. The highest BCUT2D eigenvalue weighted by Crippen LogP contribution is 1.88. The first-order valence-corrected chi connectivity index (χ1v) is 2.49. The largest absolute Gasteiger partial charge is 0.369 e. The smallest absolute Gasteiger partial charge is 0.233 e. The quantitative estimate of drug-likeness (QED) is 0.413. The second-order valence-electron chi connectivity index (χ2n) is 1.39. The Labute approximate surface area is 50.8 Å². The first kappa shape index (κ1) is 7.24. The number of rotatable bonds is 3. The van der Waals surface area contributed by atoms with E-state index in [4.69, 9.17) is 5.64 Å². The third-order valence-corrected chi connectivity index (χ3v) is 0.830. The highest BCUT2D eigenvalue weighted by Gasteiger charge is 1.82. The molecule has 0 radical (unpaired) electrons. The molecule has 42 valence electrons. The molecule has 0 bridgehead atoms. The summed E-state index contributed by atoms with van der Waals surface area (Å²) in [7, 11) is 0.537. The second-order valence-corrected chi connectivity index (χ2v) is 1.39. The van der Waals surface area contributed by atoms with Crippen molar-refractivity contribution in [1.82, 2.24) is 0 Å². The molecule has 2 heteroatoms. The number of nitrogens with two attached hydrogens (primary N) is 1. The van der Waals surface area contributed by atoms with E-state index in [-0.39, 0.29) is 0 Å². The molecule has 0 unspecified atom stereocenters. The fourth-order valence-electron chi connectivity index (χ4n) is 0.371. The number of hydrogen-bond donors (Lipinski definition) is 1. The van der Waals surface area contributed by atoms with Crippen LogP contribution in [-0.2, 0) is 0 Å². The summed E-state index contributed by atoms with van der Waals surface area (Å²) in [5.41, 5.74) is 6.30. The van der Waals surface area contributed by atoms with Crippen molar-refractivity contribution in [3.8, 4) is 0 Å². The van der Waals surface area contributed by atoms with Crippen molar-refractivity contribution in [2.45, 2.75) is 0 Å². The molecule has 8 heavy (non-hydrogen) atoms. The molecule has 0 aliphatic carbocycles. The van der Waals surface area contributed by atoms with E-state index in [9.17, 15) is 0 Å². The molecular formula is C6H10BN. The minimum atomic E-state index is 0.537. The molecule has 0 heterocycles. The van der Waals surface area contributed by atoms with E-state index in [1.54, 1.807) is 12.2 Å². The standard InChI is InChI=1S/C6H10BN/c1-3-5-6(4-2)7-8/h3-5,7H,1-2,8H2/b6-5+. The van der Waals surface area contributed by atoms with E-state index >= 15 is 0 Å². The molecule has 0 saturated heterocycles. The molecule has 0 spiro atoms. The van der Waals surface area contributed by atoms with Crippen LogP contribution < -0.4 is 5.64 Å². The van der Waals surface area contributed by atoms with Crippen molar-refractivity contribution >= 4 is 7.41 Å². The summed E-state index contributed by atoms with van der Waals surface area (Å²) >= 11 is 0. The topological polar surface area (TPSA) is 26.0 Å². The van der Waals surface area contributed by atoms with Crippen molar-refractivity contribution in [3.05, 3.63) is 36.9 Å². The van der Waals surface area contributed by atoms with Gasteiger partial charge in [0.05, 0.1) is 0 Å². The van der Waals surface area contributed by atoms with Gasteiger partial charge >= 0.3 is 0 Å². The Morgan fingerprint density at radius 3 is 2.25 bits per heavy atom. The third-order valence-electron chi connectivity index (χ3n) is 0.830. The molecule has 0 aromatic rings. The summed E-state index contributed by atoms with van der Waals surface area (Å²) in [6.07, 6.45) is 5.26. The Kier molecular flexibility index (Phi) is 3.99. The van der Waals surface area contributed by atoms with Crippen LogP contribution in [0.1, 0.15) is 0 Å². The first-order valence-electron chi connectivity index (χ1n) is 2.49. The van der Waals surface area contributed by atoms with Crippen LogP contribution in [0.5, 0.6) is 0 Å². The van der Waals surface area contributed by atoms with E-state index in [1.165, 1.54) is 0 Å². The predicted octanol–water partition coefficient (Wildman–Crippen LogP) is 0.552. The van der Waals surface area contributed by atoms with Crippen molar-refractivity contribution in [2.24, 2.45) is 5.64 Å². The van der Waals surface area contributed by atoms with Gasteiger partial charge in [-0.05, 0) is 0 Å². The van der Waals surface area contributed by atoms with Crippen LogP contribution in [0.25, 0.3) is 0 Å². The van der Waals surface area contributed by atoms with Gasteiger partial charge in [-0.3, -0.25) is 0 Å². The normalized spacial score (nSPS) is 10.4. The van der Waals surface area contributed by atoms with Crippen molar-refractivity contribution in [2.75, 3.05) is 0 Å². The summed E-state index contributed by atoms with van der Waals surface area (Å²) in [6, 6.07) is 0. The van der Waals surface area contributed by atoms with Crippen molar-refractivity contribution in [3.63, 3.8) is 0 Å². The summed E-state index contributed by atoms with van der Waals surface area (Å²) in [4.78, 5) is 0. The van der Waals surface area contributed by atoms with Crippen molar-refractivity contribution in [1.29, 1.82) is 0 Å². The Bertz CT molecular complexity index is 116. The summed E-state index contributed by atoms with van der Waals surface area (Å²) in [5.74, 6) is 0. The van der Waals surface area contributed by atoms with Crippen LogP contribution in [0, 0.1) is 0 Å². The van der Waals surface area contributed by atoms with E-state index in [1.807, 2.05) is 6.08 Å². The third kappa shape index (κ3) is 2.42. The zero-order valence-electron chi connectivity index (χ0n) is 4.93. The Morgan fingerprint density at radius 1 is 1.50 bits per heavy atom. The van der Waals surface area contributed by atoms with Crippen LogP contribution in [0.4, 0.5) is 0 Å². The Morgan fingerprint density at radius 2 is 2.12 bits per heavy atom. The molecule has 1 nitrogen and oxygen atoms in total. The molecule has 0 fully saturated rings. The van der Waals surface area contributed by atoms with Gasteiger partial charge in [0, 0.05) is 0 Å². The molecule has 2 N–H and O–H groups in total. The van der Waals surface area contributed by atoms with E-state index in [2.05, 4.69) is 13.2 Å². The zero-order valence-corrected chi connectivity index (χ0v) is 4.93. The van der Waals surface area contributed by atoms with Gasteiger partial charge in [0.2, 0.25) is 7.41 Å². The lowest BCUT2D eigenvalue weighted by molar-refractivity contribution is 1.79. The fourth-order valence-corrected chi connectivity index (χ4v) is 0.371. The van der Waals surface area contributed by atoms with Crippen LogP contribution in [0.3, 0.4) is 0 Å². The zero-order chi connectivity index (χ0) is 6.41. The number of hydrogen-bond acceptors (Lipinski definition) is 1. The van der Waals surface area contributed by atoms with E-state index in [0.717, 1.165) is 5.47 Å². The lowest BCUT2D eigenvalue weighted by Gasteiger charge is -1.87. The minimum absolute atomic E-state index is 0.537. The molecule has 0 aromatic heterocycles. The first-order chi connectivity index (χ1) is 3.85. The monoisotopic (exact) mass is 107 g/mol. The molecule has 0 saturated carbocycles. The summed E-state index contributed by atoms with van der Waals surface area (Å²) < 4.78 is 0. The van der Waals surface area contributed by atoms with Crippen molar-refractivity contribution < 1.29 is 0 Å². The van der Waals surface area contributed by atoms with Gasteiger partial charge in [0.25, 0.3) is 0 Å². The Hall–Kier alpha value is -0.755. The Balaban J connectivity index is 3.84. The average molecular weight is 107 g/mol. The fraction of sp³-hybridized carbons (Fsp3) is 0. The SMILES string of the molecule is C=C/C=C(/BN)C=C. The molecule has 0 atom stereocenters. The maximum absolute atomic E-state index is 5.28. The van der Waals surface area contributed by atoms with Gasteiger partial charge in [-0.1, -0.05) is 36.9 Å². The maximum Gasteiger partial charge on any atom is 0.233 e. The molecule has 0 amide bonds. The highest BCUT2D eigenvalue weighted by atomic mass is 14.4. The van der Waals surface area contributed by atoms with Gasteiger partial charge in [-0.2, -0.15) is 0 Å². The van der Waals surface area contributed by atoms with Gasteiger partial charge in [-0.15, -0.1) is 0 Å². The van der Waals surface area contributed by atoms with Crippen LogP contribution in [0.2, 0.25) is 0 Å². The summed E-state index contributed by atoms with van der Waals surface area (Å²) in [5, 5.41) is 0. The van der Waals surface area contributed by atoms with Crippen LogP contribution >= 0.6 is 0 Å². The lowest BCUT2D eigenvalue weighted by atomic mass is 9.84. The van der Waals surface area contributed by atoms with Gasteiger partial charge in [-0.25, -0.2) is 0 Å². The average Bonchev–Trinajstić information content (AvgIpc) is 1.83. The molecule has 0 aliphatic heterocycles. The van der Waals surface area contributed by atoms with Gasteiger partial charge in [0.15, 0.2) is 0 Å². The predicted molar refractivity (Wildman–Crippen MR) is 39.8 cm³/mol. The van der Waals surface area contributed by atoms with E-state index < -0.39 is 0 Å². The highest BCUT2D eigenvalue weighted by molar-refractivity contribution is 6.42. The van der Waals surface area contributed by atoms with Crippen LogP contribution in [-0.4, -0.2) is 7.41 Å². The van der Waals surface area contributed by atoms with Gasteiger partial charge < -0.3 is 5.64 Å². The molecular weight excluding hydrogens is 96.9 g/mol. The molecule has 0 rings (SSSR count). The van der Waals surface area contributed by atoms with Crippen LogP contribution in [0.15, 0.2) is 36.9 Å². The number of allylic oxidation sites excluding steroid dienone is 4. The molecule has 0 aliphatic rings. The molecule has 0 aromatic carbocycles.